The molecule has 0 bridgehead atoms. The van der Waals surface area contributed by atoms with E-state index in [1.807, 2.05) is 12.1 Å². The maximum absolute atomic E-state index is 9.56. The molecule has 0 saturated carbocycles. The van der Waals surface area contributed by atoms with Gasteiger partial charge in [0.1, 0.15) is 5.76 Å². The van der Waals surface area contributed by atoms with E-state index in [0.717, 1.165) is 25.0 Å². The van der Waals surface area contributed by atoms with Gasteiger partial charge in [-0.05, 0) is 25.0 Å². The van der Waals surface area contributed by atoms with Crippen molar-refractivity contribution < 1.29 is 9.52 Å². The molecule has 0 aliphatic carbocycles. The first-order chi connectivity index (χ1) is 7.26. The Morgan fingerprint density at radius 2 is 2.20 bits per heavy atom. The second-order valence-electron chi connectivity index (χ2n) is 4.37. The molecule has 0 fully saturated rings. The number of aliphatic hydroxyl groups excluding tert-OH is 1. The van der Waals surface area contributed by atoms with E-state index in [1.54, 1.807) is 6.26 Å². The van der Waals surface area contributed by atoms with Crippen LogP contribution in [0.25, 0.3) is 0 Å². The van der Waals surface area contributed by atoms with E-state index in [-0.39, 0.29) is 12.0 Å². The summed E-state index contributed by atoms with van der Waals surface area (Å²) in [7, 11) is 0. The average Bonchev–Trinajstić information content (AvgIpc) is 2.77. The van der Waals surface area contributed by atoms with E-state index in [2.05, 4.69) is 13.8 Å². The standard InChI is InChI=1S/C13H22O2/c1-3-5-8-13(4-2,11-14)10-12-7-6-9-15-12/h6-7,9,14H,3-5,8,10-11H2,1-2H3. The van der Waals surface area contributed by atoms with Crippen LogP contribution in [-0.2, 0) is 6.42 Å². The first kappa shape index (κ1) is 12.3. The third-order valence-electron chi connectivity index (χ3n) is 3.28. The van der Waals surface area contributed by atoms with Gasteiger partial charge in [-0.2, -0.15) is 0 Å². The molecule has 0 radical (unpaired) electrons. The van der Waals surface area contributed by atoms with E-state index in [4.69, 9.17) is 4.42 Å². The van der Waals surface area contributed by atoms with E-state index in [9.17, 15) is 5.11 Å². The number of aliphatic hydroxyl groups is 1. The molecule has 1 aromatic rings. The summed E-state index contributed by atoms with van der Waals surface area (Å²) < 4.78 is 5.36. The van der Waals surface area contributed by atoms with Gasteiger partial charge < -0.3 is 9.52 Å². The molecule has 2 heteroatoms. The summed E-state index contributed by atoms with van der Waals surface area (Å²) in [5.74, 6) is 0.988. The van der Waals surface area contributed by atoms with Crippen LogP contribution >= 0.6 is 0 Å². The van der Waals surface area contributed by atoms with Crippen LogP contribution in [0.15, 0.2) is 22.8 Å². The van der Waals surface area contributed by atoms with Crippen LogP contribution in [0, 0.1) is 5.41 Å². The molecule has 1 aromatic heterocycles. The fraction of sp³-hybridized carbons (Fsp3) is 0.692. The lowest BCUT2D eigenvalue weighted by molar-refractivity contribution is 0.101. The van der Waals surface area contributed by atoms with Crippen LogP contribution in [0.1, 0.15) is 45.3 Å². The smallest absolute Gasteiger partial charge is 0.104 e. The van der Waals surface area contributed by atoms with Gasteiger partial charge in [-0.3, -0.25) is 0 Å². The van der Waals surface area contributed by atoms with Crippen LogP contribution in [-0.4, -0.2) is 11.7 Å². The van der Waals surface area contributed by atoms with Crippen LogP contribution in [0.2, 0.25) is 0 Å². The predicted octanol–water partition coefficient (Wildman–Crippen LogP) is 3.40. The fourth-order valence-corrected chi connectivity index (χ4v) is 1.97. The highest BCUT2D eigenvalue weighted by molar-refractivity contribution is 5.02. The van der Waals surface area contributed by atoms with E-state index in [0.29, 0.717) is 0 Å². The number of hydrogen-bond acceptors (Lipinski definition) is 2. The molecule has 15 heavy (non-hydrogen) atoms. The summed E-state index contributed by atoms with van der Waals surface area (Å²) in [6.45, 7) is 4.59. The van der Waals surface area contributed by atoms with Crippen molar-refractivity contribution in [2.24, 2.45) is 5.41 Å². The third kappa shape index (κ3) is 3.38. The Bertz CT molecular complexity index is 248. The molecule has 0 aliphatic heterocycles. The molecule has 0 aliphatic rings. The lowest BCUT2D eigenvalue weighted by atomic mass is 9.77. The minimum Gasteiger partial charge on any atom is -0.469 e. The normalized spacial score (nSPS) is 15.1. The Hall–Kier alpha value is -0.760. The Balaban J connectivity index is 2.63. The maximum Gasteiger partial charge on any atom is 0.104 e. The van der Waals surface area contributed by atoms with Gasteiger partial charge in [0.25, 0.3) is 0 Å². The molecule has 1 rings (SSSR count). The van der Waals surface area contributed by atoms with Gasteiger partial charge in [0.05, 0.1) is 6.26 Å². The molecule has 0 amide bonds. The van der Waals surface area contributed by atoms with E-state index < -0.39 is 0 Å². The number of rotatable bonds is 7. The van der Waals surface area contributed by atoms with Gasteiger partial charge in [0, 0.05) is 18.4 Å². The quantitative estimate of drug-likeness (QED) is 0.748. The van der Waals surface area contributed by atoms with Crippen LogP contribution in [0.4, 0.5) is 0 Å². The van der Waals surface area contributed by atoms with Crippen molar-refractivity contribution >= 4 is 0 Å². The van der Waals surface area contributed by atoms with Crippen LogP contribution in [0.5, 0.6) is 0 Å². The summed E-state index contributed by atoms with van der Waals surface area (Å²) in [6, 6.07) is 3.90. The van der Waals surface area contributed by atoms with Crippen molar-refractivity contribution in [2.45, 2.75) is 46.0 Å². The van der Waals surface area contributed by atoms with Crippen LogP contribution in [0.3, 0.4) is 0 Å². The monoisotopic (exact) mass is 210 g/mol. The minimum atomic E-state index is 0.0217. The van der Waals surface area contributed by atoms with Gasteiger partial charge >= 0.3 is 0 Å². The SMILES string of the molecule is CCCCC(CC)(CO)Cc1ccco1. The van der Waals surface area contributed by atoms with Gasteiger partial charge in [-0.15, -0.1) is 0 Å². The summed E-state index contributed by atoms with van der Waals surface area (Å²) in [4.78, 5) is 0. The van der Waals surface area contributed by atoms with Gasteiger partial charge in [0.15, 0.2) is 0 Å². The van der Waals surface area contributed by atoms with E-state index >= 15 is 0 Å². The Kier molecular flexibility index (Phi) is 4.89. The number of furan rings is 1. The summed E-state index contributed by atoms with van der Waals surface area (Å²) in [5, 5.41) is 9.56. The first-order valence-corrected chi connectivity index (χ1v) is 5.89. The van der Waals surface area contributed by atoms with Crippen molar-refractivity contribution in [3.63, 3.8) is 0 Å². The van der Waals surface area contributed by atoms with Crippen molar-refractivity contribution in [3.8, 4) is 0 Å². The lowest BCUT2D eigenvalue weighted by Crippen LogP contribution is -2.27. The summed E-state index contributed by atoms with van der Waals surface area (Å²) in [6.07, 6.45) is 7.00. The maximum atomic E-state index is 9.56. The lowest BCUT2D eigenvalue weighted by Gasteiger charge is -2.29. The van der Waals surface area contributed by atoms with Crippen molar-refractivity contribution in [1.29, 1.82) is 0 Å². The summed E-state index contributed by atoms with van der Waals surface area (Å²) in [5.41, 5.74) is 0.0217. The minimum absolute atomic E-state index is 0.0217. The summed E-state index contributed by atoms with van der Waals surface area (Å²) >= 11 is 0. The molecule has 86 valence electrons. The zero-order valence-corrected chi connectivity index (χ0v) is 9.83. The van der Waals surface area contributed by atoms with Crippen molar-refractivity contribution in [1.82, 2.24) is 0 Å². The van der Waals surface area contributed by atoms with Crippen molar-refractivity contribution in [2.75, 3.05) is 6.61 Å². The molecule has 2 nitrogen and oxygen atoms in total. The molecule has 1 heterocycles. The molecule has 0 aromatic carbocycles. The van der Waals surface area contributed by atoms with E-state index in [1.165, 1.54) is 12.8 Å². The second-order valence-corrected chi connectivity index (χ2v) is 4.37. The zero-order valence-electron chi connectivity index (χ0n) is 9.83. The molecular weight excluding hydrogens is 188 g/mol. The number of hydrogen-bond donors (Lipinski definition) is 1. The number of unbranched alkanes of at least 4 members (excludes halogenated alkanes) is 1. The highest BCUT2D eigenvalue weighted by atomic mass is 16.3. The van der Waals surface area contributed by atoms with Crippen LogP contribution < -0.4 is 0 Å². The molecule has 0 saturated heterocycles. The van der Waals surface area contributed by atoms with Crippen molar-refractivity contribution in [3.05, 3.63) is 24.2 Å². The predicted molar refractivity (Wildman–Crippen MR) is 61.7 cm³/mol. The van der Waals surface area contributed by atoms with Gasteiger partial charge in [0.2, 0.25) is 0 Å². The highest BCUT2D eigenvalue weighted by Crippen LogP contribution is 2.32. The largest absolute Gasteiger partial charge is 0.469 e. The Morgan fingerprint density at radius 3 is 2.67 bits per heavy atom. The molecule has 1 N–H and O–H groups in total. The second kappa shape index (κ2) is 5.96. The van der Waals surface area contributed by atoms with Gasteiger partial charge in [-0.1, -0.05) is 26.7 Å². The molecule has 1 unspecified atom stereocenters. The molecule has 1 atom stereocenters. The topological polar surface area (TPSA) is 33.4 Å². The van der Waals surface area contributed by atoms with Gasteiger partial charge in [-0.25, -0.2) is 0 Å². The first-order valence-electron chi connectivity index (χ1n) is 5.89. The Labute approximate surface area is 92.3 Å². The fourth-order valence-electron chi connectivity index (χ4n) is 1.97. The third-order valence-corrected chi connectivity index (χ3v) is 3.28. The average molecular weight is 210 g/mol. The Morgan fingerprint density at radius 1 is 1.40 bits per heavy atom. The molecule has 0 spiro atoms. The zero-order chi connectivity index (χ0) is 11.1. The molecular formula is C13H22O2. The highest BCUT2D eigenvalue weighted by Gasteiger charge is 2.28.